The molecule has 61 heavy (non-hydrogen) atoms. The van der Waals surface area contributed by atoms with E-state index in [2.05, 4.69) is 65.4 Å². The molecule has 5 aromatic carbocycles. The van der Waals surface area contributed by atoms with Crippen LogP contribution in [0.1, 0.15) is 55.4 Å². The molecule has 0 N–H and O–H groups in total. The Morgan fingerprint density at radius 2 is 1.11 bits per heavy atom. The lowest BCUT2D eigenvalue weighted by molar-refractivity contribution is -0.153. The Labute approximate surface area is 363 Å². The van der Waals surface area contributed by atoms with Gasteiger partial charge in [-0.1, -0.05) is 146 Å². The molecule has 0 unspecified atom stereocenters. The highest BCUT2D eigenvalue weighted by Gasteiger charge is 2.50. The normalized spacial score (nSPS) is 13.7. The van der Waals surface area contributed by atoms with Gasteiger partial charge in [0.05, 0.1) is 7.11 Å². The quantitative estimate of drug-likeness (QED) is 0.0824. The van der Waals surface area contributed by atoms with Crippen molar-refractivity contribution in [2.24, 2.45) is 0 Å². The Morgan fingerprint density at radius 1 is 0.639 bits per heavy atom. The lowest BCUT2D eigenvalue weighted by Crippen LogP contribution is -2.62. The lowest BCUT2D eigenvalue weighted by Gasteiger charge is -2.46. The van der Waals surface area contributed by atoms with Gasteiger partial charge < -0.3 is 24.2 Å². The highest BCUT2D eigenvalue weighted by molar-refractivity contribution is 6.02. The number of amides is 2. The van der Waals surface area contributed by atoms with Gasteiger partial charge in [-0.25, -0.2) is 4.79 Å². The number of para-hydroxylation sites is 1. The molecule has 5 aromatic rings. The summed E-state index contributed by atoms with van der Waals surface area (Å²) in [6, 6.07) is 50.0. The third kappa shape index (κ3) is 12.0. The molecular formula is C52H64N4O5. The second kappa shape index (κ2) is 23.4. The minimum absolute atomic E-state index is 0.0480. The van der Waals surface area contributed by atoms with Crippen molar-refractivity contribution in [2.45, 2.75) is 57.1 Å². The number of piperidine rings is 1. The van der Waals surface area contributed by atoms with Crippen LogP contribution < -0.4 is 4.90 Å². The molecule has 0 bridgehead atoms. The van der Waals surface area contributed by atoms with Crippen LogP contribution in [0.25, 0.3) is 0 Å². The number of nitrogens with zero attached hydrogens (tertiary/aromatic N) is 4. The fraction of sp³-hybridized carbons (Fsp3) is 0.365. The van der Waals surface area contributed by atoms with Crippen molar-refractivity contribution in [2.75, 3.05) is 72.0 Å². The Balaban J connectivity index is 0.000000232. The molecule has 0 saturated carbocycles. The van der Waals surface area contributed by atoms with Gasteiger partial charge in [-0.3, -0.25) is 14.5 Å². The van der Waals surface area contributed by atoms with Crippen LogP contribution in [0, 0.1) is 0 Å². The van der Waals surface area contributed by atoms with Crippen LogP contribution in [-0.4, -0.2) is 105 Å². The molecule has 9 heteroatoms. The Morgan fingerprint density at radius 3 is 1.59 bits per heavy atom. The van der Waals surface area contributed by atoms with E-state index in [0.29, 0.717) is 32.4 Å². The summed E-state index contributed by atoms with van der Waals surface area (Å²) < 4.78 is 11.5. The molecule has 0 atom stereocenters. The second-order valence-corrected chi connectivity index (χ2v) is 15.6. The minimum atomic E-state index is -1.16. The number of rotatable bonds is 18. The van der Waals surface area contributed by atoms with E-state index in [0.717, 1.165) is 62.4 Å². The van der Waals surface area contributed by atoms with E-state index in [-0.39, 0.29) is 17.8 Å². The van der Waals surface area contributed by atoms with Crippen molar-refractivity contribution < 1.29 is 23.9 Å². The molecule has 2 amide bonds. The SMILES string of the molecule is CCC(=O)N(c1ccccc1)C1(C(=O)OC)CCN(CCc2ccccc2)CC1.CCOC(C(=O)N(C)CCN(C)CCc1ccccc1)(c1ccccc1)c1ccccc1. The molecule has 0 aliphatic carbocycles. The highest BCUT2D eigenvalue weighted by Crippen LogP contribution is 2.37. The Bertz CT molecular complexity index is 2000. The molecule has 9 nitrogen and oxygen atoms in total. The maximum atomic E-state index is 13.9. The summed E-state index contributed by atoms with van der Waals surface area (Å²) in [5, 5.41) is 0. The fourth-order valence-electron chi connectivity index (χ4n) is 8.12. The van der Waals surface area contributed by atoms with E-state index < -0.39 is 11.1 Å². The third-order valence-corrected chi connectivity index (χ3v) is 11.6. The van der Waals surface area contributed by atoms with Gasteiger partial charge in [0.1, 0.15) is 5.54 Å². The van der Waals surface area contributed by atoms with Crippen LogP contribution in [-0.2, 0) is 42.3 Å². The summed E-state index contributed by atoms with van der Waals surface area (Å²) in [4.78, 5) is 48.0. The van der Waals surface area contributed by atoms with Gasteiger partial charge >= 0.3 is 5.97 Å². The zero-order chi connectivity index (χ0) is 43.5. The largest absolute Gasteiger partial charge is 0.467 e. The van der Waals surface area contributed by atoms with Crippen molar-refractivity contribution >= 4 is 23.5 Å². The van der Waals surface area contributed by atoms with Crippen LogP contribution in [0.4, 0.5) is 5.69 Å². The summed E-state index contributed by atoms with van der Waals surface area (Å²) in [5.74, 6) is -0.432. The predicted octanol–water partition coefficient (Wildman–Crippen LogP) is 8.28. The van der Waals surface area contributed by atoms with Gasteiger partial charge in [0.25, 0.3) is 5.91 Å². The Kier molecular flexibility index (Phi) is 17.8. The van der Waals surface area contributed by atoms with Gasteiger partial charge in [0, 0.05) is 65.0 Å². The second-order valence-electron chi connectivity index (χ2n) is 15.6. The number of esters is 1. The number of likely N-dealkylation sites (N-methyl/N-ethyl adjacent to an activating group) is 2. The molecule has 322 valence electrons. The van der Waals surface area contributed by atoms with E-state index in [1.165, 1.54) is 18.2 Å². The average Bonchev–Trinajstić information content (AvgIpc) is 3.32. The number of benzene rings is 5. The number of hydrogen-bond acceptors (Lipinski definition) is 7. The van der Waals surface area contributed by atoms with E-state index >= 15 is 0 Å². The first-order valence-electron chi connectivity index (χ1n) is 21.6. The zero-order valence-corrected chi connectivity index (χ0v) is 36.7. The van der Waals surface area contributed by atoms with Crippen LogP contribution in [0.15, 0.2) is 152 Å². The monoisotopic (exact) mass is 824 g/mol. The average molecular weight is 825 g/mol. The van der Waals surface area contributed by atoms with Crippen molar-refractivity contribution in [3.63, 3.8) is 0 Å². The van der Waals surface area contributed by atoms with E-state index in [4.69, 9.17) is 9.47 Å². The van der Waals surface area contributed by atoms with Crippen molar-refractivity contribution in [1.82, 2.24) is 14.7 Å². The number of methoxy groups -OCH3 is 1. The number of hydrogen-bond donors (Lipinski definition) is 0. The van der Waals surface area contributed by atoms with Gasteiger partial charge in [-0.15, -0.1) is 0 Å². The Hall–Kier alpha value is -5.61. The molecular weight excluding hydrogens is 761 g/mol. The predicted molar refractivity (Wildman–Crippen MR) is 245 cm³/mol. The highest BCUT2D eigenvalue weighted by atomic mass is 16.5. The van der Waals surface area contributed by atoms with Gasteiger partial charge in [-0.2, -0.15) is 0 Å². The molecule has 1 fully saturated rings. The van der Waals surface area contributed by atoms with Crippen LogP contribution in [0.2, 0.25) is 0 Å². The number of carbonyl (C=O) groups excluding carboxylic acids is 3. The van der Waals surface area contributed by atoms with Crippen molar-refractivity contribution in [3.8, 4) is 0 Å². The number of likely N-dealkylation sites (tertiary alicyclic amines) is 1. The summed E-state index contributed by atoms with van der Waals surface area (Å²) >= 11 is 0. The summed E-state index contributed by atoms with van der Waals surface area (Å²) in [7, 11) is 5.38. The molecule has 0 aromatic heterocycles. The third-order valence-electron chi connectivity index (χ3n) is 11.6. The maximum absolute atomic E-state index is 13.9. The van der Waals surface area contributed by atoms with Gasteiger partial charge in [0.15, 0.2) is 5.60 Å². The first-order valence-corrected chi connectivity index (χ1v) is 21.6. The van der Waals surface area contributed by atoms with E-state index in [9.17, 15) is 14.4 Å². The standard InChI is InChI=1S/C28H34N2O2.C24H30N2O3/c1-4-32-28(25-16-10-6-11-17-25,26-18-12-7-13-19-26)27(31)30(3)23-22-29(2)21-20-24-14-8-5-9-15-24;1-3-22(27)26(21-12-8-5-9-13-21)24(23(28)29-2)15-18-25(19-16-24)17-14-20-10-6-4-7-11-20/h5-19H,4,20-23H2,1-3H3;4-13H,3,14-19H2,1-2H3. The number of ether oxygens (including phenoxy) is 2. The fourth-order valence-corrected chi connectivity index (χ4v) is 8.12. The van der Waals surface area contributed by atoms with Crippen LogP contribution in [0.3, 0.4) is 0 Å². The van der Waals surface area contributed by atoms with Gasteiger partial charge in [0.2, 0.25) is 5.91 Å². The van der Waals surface area contributed by atoms with Crippen LogP contribution >= 0.6 is 0 Å². The topological polar surface area (TPSA) is 82.6 Å². The van der Waals surface area contributed by atoms with Crippen molar-refractivity contribution in [1.29, 1.82) is 0 Å². The zero-order valence-electron chi connectivity index (χ0n) is 36.7. The smallest absolute Gasteiger partial charge is 0.332 e. The summed E-state index contributed by atoms with van der Waals surface area (Å²) in [5.41, 5.74) is 2.98. The van der Waals surface area contributed by atoms with Crippen molar-refractivity contribution in [3.05, 3.63) is 174 Å². The number of anilines is 1. The van der Waals surface area contributed by atoms with E-state index in [1.54, 1.807) is 9.80 Å². The minimum Gasteiger partial charge on any atom is -0.467 e. The molecule has 6 rings (SSSR count). The summed E-state index contributed by atoms with van der Waals surface area (Å²) in [6.07, 6.45) is 3.43. The first-order chi connectivity index (χ1) is 29.7. The maximum Gasteiger partial charge on any atom is 0.332 e. The van der Waals surface area contributed by atoms with Crippen LogP contribution in [0.5, 0.6) is 0 Å². The molecule has 0 spiro atoms. The molecule has 1 aliphatic heterocycles. The first kappa shape index (κ1) is 46.5. The molecule has 0 radical (unpaired) electrons. The van der Waals surface area contributed by atoms with E-state index in [1.807, 2.05) is 124 Å². The molecule has 1 heterocycles. The molecule has 1 saturated heterocycles. The summed E-state index contributed by atoms with van der Waals surface area (Å²) in [6.45, 7) is 9.00. The van der Waals surface area contributed by atoms with Gasteiger partial charge in [-0.05, 0) is 74.0 Å². The lowest BCUT2D eigenvalue weighted by atomic mass is 9.84. The number of carbonyl (C=O) groups is 3. The molecule has 1 aliphatic rings.